The first-order valence-electron chi connectivity index (χ1n) is 5.91. The van der Waals surface area contributed by atoms with Crippen molar-refractivity contribution in [1.29, 1.82) is 0 Å². The van der Waals surface area contributed by atoms with E-state index >= 15 is 0 Å². The number of alkyl halides is 3. The summed E-state index contributed by atoms with van der Waals surface area (Å²) in [5, 5.41) is 0. The maximum atomic E-state index is 12.7. The second kappa shape index (κ2) is 5.47. The summed E-state index contributed by atoms with van der Waals surface area (Å²) < 4.78 is 43.2. The predicted octanol–water partition coefficient (Wildman–Crippen LogP) is 2.85. The minimum absolute atomic E-state index is 0.0445. The lowest BCUT2D eigenvalue weighted by Crippen LogP contribution is -2.18. The summed E-state index contributed by atoms with van der Waals surface area (Å²) in [5.74, 6) is -0.894. The number of rotatable bonds is 3. The molecule has 0 atom stereocenters. The zero-order chi connectivity index (χ0) is 15.6. The number of halogens is 3. The molecule has 2 aromatic rings. The van der Waals surface area contributed by atoms with Crippen LogP contribution in [0.4, 0.5) is 30.5 Å². The second-order valence-corrected chi connectivity index (χ2v) is 4.23. The average molecular weight is 298 g/mol. The van der Waals surface area contributed by atoms with Crippen molar-refractivity contribution in [2.45, 2.75) is 6.18 Å². The summed E-state index contributed by atoms with van der Waals surface area (Å²) in [5.41, 5.74) is 6.04. The molecule has 1 heterocycles. The lowest BCUT2D eigenvalue weighted by atomic mass is 10.2. The Balaban J connectivity index is 2.43. The Bertz CT molecular complexity index is 646. The summed E-state index contributed by atoms with van der Waals surface area (Å²) in [6.45, 7) is 0. The van der Waals surface area contributed by atoms with Gasteiger partial charge in [-0.05, 0) is 12.1 Å². The van der Waals surface area contributed by atoms with Crippen molar-refractivity contribution in [2.75, 3.05) is 24.8 Å². The number of nitrogen functional groups attached to an aromatic ring is 1. The van der Waals surface area contributed by atoms with Crippen molar-refractivity contribution < 1.29 is 17.9 Å². The molecule has 0 aliphatic carbocycles. The van der Waals surface area contributed by atoms with E-state index in [-0.39, 0.29) is 11.6 Å². The maximum Gasteiger partial charge on any atom is 0.451 e. The van der Waals surface area contributed by atoms with Crippen molar-refractivity contribution in [1.82, 2.24) is 9.97 Å². The maximum absolute atomic E-state index is 12.7. The Kier molecular flexibility index (Phi) is 3.88. The number of methoxy groups -OCH3 is 1. The third kappa shape index (κ3) is 3.33. The molecular formula is C13H13F3N4O. The third-order valence-electron chi connectivity index (χ3n) is 2.77. The first-order chi connectivity index (χ1) is 9.81. The van der Waals surface area contributed by atoms with Gasteiger partial charge >= 0.3 is 6.18 Å². The van der Waals surface area contributed by atoms with E-state index in [1.165, 1.54) is 18.1 Å². The van der Waals surface area contributed by atoms with Crippen molar-refractivity contribution in [3.05, 3.63) is 36.2 Å². The number of aromatic nitrogens is 2. The Labute approximate surface area is 119 Å². The van der Waals surface area contributed by atoms with Gasteiger partial charge in [-0.15, -0.1) is 0 Å². The van der Waals surface area contributed by atoms with Crippen LogP contribution in [0.5, 0.6) is 5.75 Å². The van der Waals surface area contributed by atoms with Crippen LogP contribution in [0.1, 0.15) is 5.82 Å². The minimum atomic E-state index is -4.65. The zero-order valence-electron chi connectivity index (χ0n) is 11.3. The van der Waals surface area contributed by atoms with Gasteiger partial charge in [-0.25, -0.2) is 9.97 Å². The Hall–Kier alpha value is -2.51. The molecule has 8 heteroatoms. The van der Waals surface area contributed by atoms with Crippen LogP contribution in [-0.4, -0.2) is 24.1 Å². The van der Waals surface area contributed by atoms with E-state index in [4.69, 9.17) is 10.5 Å². The number of anilines is 3. The van der Waals surface area contributed by atoms with Crippen molar-refractivity contribution in [3.63, 3.8) is 0 Å². The highest BCUT2D eigenvalue weighted by molar-refractivity contribution is 5.62. The highest BCUT2D eigenvalue weighted by Gasteiger charge is 2.35. The van der Waals surface area contributed by atoms with Crippen molar-refractivity contribution in [3.8, 4) is 5.75 Å². The molecule has 2 N–H and O–H groups in total. The molecule has 0 saturated heterocycles. The second-order valence-electron chi connectivity index (χ2n) is 4.23. The van der Waals surface area contributed by atoms with Crippen LogP contribution in [0.25, 0.3) is 0 Å². The molecule has 1 aromatic carbocycles. The number of benzene rings is 1. The van der Waals surface area contributed by atoms with E-state index in [0.29, 0.717) is 11.4 Å². The number of nitrogens with zero attached hydrogens (tertiary/aromatic N) is 3. The first kappa shape index (κ1) is 14.9. The van der Waals surface area contributed by atoms with Crippen LogP contribution in [-0.2, 0) is 6.18 Å². The quantitative estimate of drug-likeness (QED) is 0.944. The smallest absolute Gasteiger partial charge is 0.451 e. The molecule has 112 valence electrons. The van der Waals surface area contributed by atoms with Crippen LogP contribution in [0.3, 0.4) is 0 Å². The van der Waals surface area contributed by atoms with Crippen molar-refractivity contribution in [2.24, 2.45) is 0 Å². The molecular weight excluding hydrogens is 285 g/mol. The van der Waals surface area contributed by atoms with E-state index in [9.17, 15) is 13.2 Å². The average Bonchev–Trinajstić information content (AvgIpc) is 2.45. The van der Waals surface area contributed by atoms with E-state index < -0.39 is 12.0 Å². The van der Waals surface area contributed by atoms with Gasteiger partial charge in [0.15, 0.2) is 0 Å². The highest BCUT2D eigenvalue weighted by Crippen LogP contribution is 2.31. The predicted molar refractivity (Wildman–Crippen MR) is 72.5 cm³/mol. The molecule has 5 nitrogen and oxygen atoms in total. The fourth-order valence-corrected chi connectivity index (χ4v) is 1.70. The Morgan fingerprint density at radius 2 is 1.90 bits per heavy atom. The standard InChI is InChI=1S/C13H13F3N4O/c1-20(8-4-3-5-9(6-8)21-2)11-7-10(17)18-12(19-11)13(14,15)16/h3-7H,1-2H3,(H2,17,18,19). The molecule has 0 radical (unpaired) electrons. The van der Waals surface area contributed by atoms with Gasteiger partial charge in [-0.3, -0.25) is 0 Å². The van der Waals surface area contributed by atoms with Gasteiger partial charge < -0.3 is 15.4 Å². The van der Waals surface area contributed by atoms with E-state index in [2.05, 4.69) is 9.97 Å². The normalized spacial score (nSPS) is 11.3. The van der Waals surface area contributed by atoms with Gasteiger partial charge in [-0.2, -0.15) is 13.2 Å². The summed E-state index contributed by atoms with van der Waals surface area (Å²) in [4.78, 5) is 8.18. The largest absolute Gasteiger partial charge is 0.497 e. The van der Waals surface area contributed by atoms with Gasteiger partial charge in [0.05, 0.1) is 7.11 Å². The molecule has 0 aliphatic heterocycles. The molecule has 21 heavy (non-hydrogen) atoms. The molecule has 0 amide bonds. The third-order valence-corrected chi connectivity index (χ3v) is 2.77. The zero-order valence-corrected chi connectivity index (χ0v) is 11.3. The van der Waals surface area contributed by atoms with Gasteiger partial charge in [0.1, 0.15) is 17.4 Å². The molecule has 0 fully saturated rings. The summed E-state index contributed by atoms with van der Waals surface area (Å²) in [6.07, 6.45) is -4.65. The number of hydrogen-bond donors (Lipinski definition) is 1. The monoisotopic (exact) mass is 298 g/mol. The van der Waals surface area contributed by atoms with Crippen LogP contribution in [0, 0.1) is 0 Å². The highest BCUT2D eigenvalue weighted by atomic mass is 19.4. The van der Waals surface area contributed by atoms with E-state index in [1.54, 1.807) is 31.3 Å². The SMILES string of the molecule is COc1cccc(N(C)c2cc(N)nc(C(F)(F)F)n2)c1. The molecule has 2 rings (SSSR count). The lowest BCUT2D eigenvalue weighted by Gasteiger charge is -2.20. The summed E-state index contributed by atoms with van der Waals surface area (Å²) >= 11 is 0. The summed E-state index contributed by atoms with van der Waals surface area (Å²) in [7, 11) is 3.08. The molecule has 0 aliphatic rings. The van der Waals surface area contributed by atoms with Crippen LogP contribution in [0.2, 0.25) is 0 Å². The van der Waals surface area contributed by atoms with Gasteiger partial charge in [0, 0.05) is 24.9 Å². The van der Waals surface area contributed by atoms with Gasteiger partial charge in [-0.1, -0.05) is 6.07 Å². The van der Waals surface area contributed by atoms with Crippen LogP contribution >= 0.6 is 0 Å². The molecule has 0 bridgehead atoms. The van der Waals surface area contributed by atoms with Crippen molar-refractivity contribution >= 4 is 17.3 Å². The number of ether oxygens (including phenoxy) is 1. The molecule has 0 saturated carbocycles. The lowest BCUT2D eigenvalue weighted by molar-refractivity contribution is -0.144. The number of hydrogen-bond acceptors (Lipinski definition) is 5. The topological polar surface area (TPSA) is 64.3 Å². The molecule has 0 spiro atoms. The summed E-state index contributed by atoms with van der Waals surface area (Å²) in [6, 6.07) is 8.11. The fraction of sp³-hybridized carbons (Fsp3) is 0.231. The van der Waals surface area contributed by atoms with Gasteiger partial charge in [0.2, 0.25) is 5.82 Å². The Morgan fingerprint density at radius 3 is 2.52 bits per heavy atom. The van der Waals surface area contributed by atoms with Crippen LogP contribution in [0.15, 0.2) is 30.3 Å². The van der Waals surface area contributed by atoms with Gasteiger partial charge in [0.25, 0.3) is 0 Å². The van der Waals surface area contributed by atoms with Crippen LogP contribution < -0.4 is 15.4 Å². The first-order valence-corrected chi connectivity index (χ1v) is 5.91. The van der Waals surface area contributed by atoms with E-state index in [0.717, 1.165) is 0 Å². The number of nitrogens with two attached hydrogens (primary N) is 1. The van der Waals surface area contributed by atoms with E-state index in [1.807, 2.05) is 0 Å². The molecule has 0 unspecified atom stereocenters. The fourth-order valence-electron chi connectivity index (χ4n) is 1.70. The minimum Gasteiger partial charge on any atom is -0.497 e. The Morgan fingerprint density at radius 1 is 1.19 bits per heavy atom. The molecule has 1 aromatic heterocycles.